The van der Waals surface area contributed by atoms with Gasteiger partial charge in [0.1, 0.15) is 0 Å². The topological polar surface area (TPSA) is 83.3 Å². The lowest BCUT2D eigenvalue weighted by molar-refractivity contribution is -0.137. The van der Waals surface area contributed by atoms with Crippen LogP contribution in [0.5, 0.6) is 0 Å². The Morgan fingerprint density at radius 2 is 2.18 bits per heavy atom. The molecular weight excluding hydrogens is 220 g/mol. The van der Waals surface area contributed by atoms with Gasteiger partial charge in [-0.25, -0.2) is 4.52 Å². The first-order chi connectivity index (χ1) is 7.88. The highest BCUT2D eigenvalue weighted by Gasteiger charge is 2.18. The van der Waals surface area contributed by atoms with Gasteiger partial charge in [-0.2, -0.15) is 0 Å². The van der Waals surface area contributed by atoms with Gasteiger partial charge in [-0.3, -0.25) is 9.89 Å². The Bertz CT molecular complexity index is 547. The lowest BCUT2D eigenvalue weighted by atomic mass is 9.93. The average Bonchev–Trinajstić information content (AvgIpc) is 2.72. The molecule has 92 valence electrons. The third kappa shape index (κ3) is 2.30. The molecule has 6 nitrogen and oxygen atoms in total. The molecule has 2 aromatic rings. The zero-order valence-electron chi connectivity index (χ0n) is 10.2. The number of hydrogen-bond acceptors (Lipinski definition) is 3. The molecule has 0 aliphatic heterocycles. The number of H-pyrrole nitrogens is 1. The van der Waals surface area contributed by atoms with E-state index in [1.807, 2.05) is 6.07 Å². The number of hydrogen-bond donors (Lipinski definition) is 2. The highest BCUT2D eigenvalue weighted by atomic mass is 16.4. The number of aromatic amines is 1. The number of aliphatic carboxylic acids is 1. The Labute approximate surface area is 98.6 Å². The van der Waals surface area contributed by atoms with Crippen LogP contribution in [0.4, 0.5) is 0 Å². The summed E-state index contributed by atoms with van der Waals surface area (Å²) in [5.74, 6) is -0.178. The van der Waals surface area contributed by atoms with Crippen molar-refractivity contribution in [1.29, 1.82) is 0 Å². The largest absolute Gasteiger partial charge is 0.481 e. The van der Waals surface area contributed by atoms with E-state index in [0.717, 1.165) is 11.3 Å². The third-order valence-corrected chi connectivity index (χ3v) is 2.63. The molecule has 17 heavy (non-hydrogen) atoms. The lowest BCUT2D eigenvalue weighted by Gasteiger charge is -2.15. The number of carboxylic acid groups (broad SMARTS) is 1. The van der Waals surface area contributed by atoms with Crippen molar-refractivity contribution in [1.82, 2.24) is 19.8 Å². The Balaban J connectivity index is 2.32. The number of carboxylic acids is 1. The summed E-state index contributed by atoms with van der Waals surface area (Å²) in [6.45, 7) is 6.30. The molecule has 0 unspecified atom stereocenters. The van der Waals surface area contributed by atoms with E-state index in [1.165, 1.54) is 0 Å². The smallest absolute Gasteiger partial charge is 0.303 e. The number of nitrogens with one attached hydrogen (secondary N) is 1. The van der Waals surface area contributed by atoms with Crippen molar-refractivity contribution in [3.63, 3.8) is 0 Å². The molecule has 2 aromatic heterocycles. The van der Waals surface area contributed by atoms with Crippen LogP contribution in [0, 0.1) is 0 Å². The first kappa shape index (κ1) is 11.6. The van der Waals surface area contributed by atoms with Crippen LogP contribution in [-0.2, 0) is 16.6 Å². The maximum absolute atomic E-state index is 10.5. The summed E-state index contributed by atoms with van der Waals surface area (Å²) in [7, 11) is 0. The van der Waals surface area contributed by atoms with Crippen LogP contribution < -0.4 is 0 Å². The predicted molar refractivity (Wildman–Crippen MR) is 62.0 cm³/mol. The van der Waals surface area contributed by atoms with E-state index in [4.69, 9.17) is 5.11 Å². The second-order valence-electron chi connectivity index (χ2n) is 5.12. The number of rotatable bonds is 3. The summed E-state index contributed by atoms with van der Waals surface area (Å²) in [6.07, 6.45) is 0.436. The molecule has 0 amide bonds. The molecule has 0 fully saturated rings. The summed E-state index contributed by atoms with van der Waals surface area (Å²) in [5.41, 5.74) is 1.79. The second-order valence-corrected chi connectivity index (χ2v) is 5.12. The SMILES string of the molecule is CC(C)(C)c1cc2nnc(CCC(=O)O)n2[nH]1. The minimum absolute atomic E-state index is 0.00473. The number of carbonyl (C=O) groups is 1. The number of nitrogens with zero attached hydrogens (tertiary/aromatic N) is 3. The maximum atomic E-state index is 10.5. The van der Waals surface area contributed by atoms with E-state index < -0.39 is 5.97 Å². The van der Waals surface area contributed by atoms with Gasteiger partial charge in [0.05, 0.1) is 6.42 Å². The number of aryl methyl sites for hydroxylation is 1. The van der Waals surface area contributed by atoms with Crippen LogP contribution in [-0.4, -0.2) is 30.9 Å². The van der Waals surface area contributed by atoms with E-state index in [-0.39, 0.29) is 11.8 Å². The van der Waals surface area contributed by atoms with Gasteiger partial charge in [-0.1, -0.05) is 20.8 Å². The summed E-state index contributed by atoms with van der Waals surface area (Å²) in [6, 6.07) is 1.94. The Morgan fingerprint density at radius 1 is 1.47 bits per heavy atom. The summed E-state index contributed by atoms with van der Waals surface area (Å²) < 4.78 is 1.75. The Morgan fingerprint density at radius 3 is 2.76 bits per heavy atom. The van der Waals surface area contributed by atoms with Crippen LogP contribution in [0.1, 0.15) is 38.7 Å². The molecular formula is C11H16N4O2. The molecule has 0 saturated carbocycles. The quantitative estimate of drug-likeness (QED) is 0.843. The van der Waals surface area contributed by atoms with Crippen molar-refractivity contribution in [3.05, 3.63) is 17.6 Å². The maximum Gasteiger partial charge on any atom is 0.303 e. The van der Waals surface area contributed by atoms with Crippen LogP contribution in [0.15, 0.2) is 6.07 Å². The van der Waals surface area contributed by atoms with Crippen molar-refractivity contribution >= 4 is 11.6 Å². The van der Waals surface area contributed by atoms with Crippen LogP contribution in [0.2, 0.25) is 0 Å². The molecule has 2 rings (SSSR count). The van der Waals surface area contributed by atoms with E-state index in [1.54, 1.807) is 4.52 Å². The van der Waals surface area contributed by atoms with Crippen molar-refractivity contribution in [2.45, 2.75) is 39.0 Å². The Hall–Kier alpha value is -1.85. The van der Waals surface area contributed by atoms with Crippen LogP contribution in [0.3, 0.4) is 0 Å². The van der Waals surface area contributed by atoms with Crippen molar-refractivity contribution in [2.75, 3.05) is 0 Å². The van der Waals surface area contributed by atoms with Gasteiger partial charge in [-0.15, -0.1) is 10.2 Å². The Kier molecular flexibility index (Phi) is 2.65. The monoisotopic (exact) mass is 236 g/mol. The lowest BCUT2D eigenvalue weighted by Crippen LogP contribution is -2.12. The van der Waals surface area contributed by atoms with Gasteiger partial charge in [0.2, 0.25) is 0 Å². The summed E-state index contributed by atoms with van der Waals surface area (Å²) in [5, 5.41) is 19.8. The molecule has 0 aliphatic rings. The minimum Gasteiger partial charge on any atom is -0.481 e. The van der Waals surface area contributed by atoms with Gasteiger partial charge in [0, 0.05) is 23.6 Å². The summed E-state index contributed by atoms with van der Waals surface area (Å²) in [4.78, 5) is 10.5. The first-order valence-corrected chi connectivity index (χ1v) is 5.53. The van der Waals surface area contributed by atoms with E-state index >= 15 is 0 Å². The van der Waals surface area contributed by atoms with Crippen molar-refractivity contribution in [3.8, 4) is 0 Å². The van der Waals surface area contributed by atoms with Crippen molar-refractivity contribution < 1.29 is 9.90 Å². The van der Waals surface area contributed by atoms with Gasteiger partial charge >= 0.3 is 5.97 Å². The fourth-order valence-electron chi connectivity index (χ4n) is 1.59. The highest BCUT2D eigenvalue weighted by molar-refractivity contribution is 5.66. The highest BCUT2D eigenvalue weighted by Crippen LogP contribution is 2.21. The standard InChI is InChI=1S/C11H16N4O2/c1-11(2,3)7-6-9-13-12-8(15(9)14-7)4-5-10(16)17/h6,14H,4-5H2,1-3H3,(H,16,17). The van der Waals surface area contributed by atoms with Gasteiger partial charge in [0.15, 0.2) is 11.5 Å². The zero-order valence-corrected chi connectivity index (χ0v) is 10.2. The zero-order chi connectivity index (χ0) is 12.6. The van der Waals surface area contributed by atoms with Crippen LogP contribution >= 0.6 is 0 Å². The van der Waals surface area contributed by atoms with E-state index in [9.17, 15) is 4.79 Å². The molecule has 2 heterocycles. The average molecular weight is 236 g/mol. The van der Waals surface area contributed by atoms with Gasteiger partial charge in [-0.05, 0) is 0 Å². The molecule has 0 aromatic carbocycles. The number of fused-ring (bicyclic) bond motifs is 1. The minimum atomic E-state index is -0.829. The van der Waals surface area contributed by atoms with E-state index in [0.29, 0.717) is 12.2 Å². The van der Waals surface area contributed by atoms with Crippen LogP contribution in [0.25, 0.3) is 5.65 Å². The molecule has 6 heteroatoms. The fourth-order valence-corrected chi connectivity index (χ4v) is 1.59. The summed E-state index contributed by atoms with van der Waals surface area (Å²) >= 11 is 0. The molecule has 0 aliphatic carbocycles. The second kappa shape index (κ2) is 3.87. The fraction of sp³-hybridized carbons (Fsp3) is 0.545. The molecule has 2 N–H and O–H groups in total. The molecule has 0 bridgehead atoms. The number of aromatic nitrogens is 4. The molecule has 0 radical (unpaired) electrons. The first-order valence-electron chi connectivity index (χ1n) is 5.53. The van der Waals surface area contributed by atoms with Gasteiger partial charge in [0.25, 0.3) is 0 Å². The molecule has 0 saturated heterocycles. The molecule has 0 spiro atoms. The van der Waals surface area contributed by atoms with E-state index in [2.05, 4.69) is 36.1 Å². The van der Waals surface area contributed by atoms with Crippen molar-refractivity contribution in [2.24, 2.45) is 0 Å². The normalized spacial score (nSPS) is 12.2. The third-order valence-electron chi connectivity index (χ3n) is 2.63. The predicted octanol–water partition coefficient (Wildman–Crippen LogP) is 1.37. The molecule has 0 atom stereocenters. The van der Waals surface area contributed by atoms with Gasteiger partial charge < -0.3 is 5.11 Å².